The Morgan fingerprint density at radius 1 is 1.27 bits per heavy atom. The zero-order valence-electron chi connectivity index (χ0n) is 7.35. The highest BCUT2D eigenvalue weighted by Gasteiger charge is 1.93. The molecule has 0 spiro atoms. The second kappa shape index (κ2) is 5.08. The lowest BCUT2D eigenvalue weighted by Gasteiger charge is -1.94. The van der Waals surface area contributed by atoms with Gasteiger partial charge >= 0.3 is 0 Å². The number of aryl methyl sites for hydroxylation is 2. The van der Waals surface area contributed by atoms with Gasteiger partial charge in [-0.1, -0.05) is 13.8 Å². The van der Waals surface area contributed by atoms with E-state index in [-0.39, 0.29) is 0 Å². The number of hydrogen-bond acceptors (Lipinski definition) is 2. The van der Waals surface area contributed by atoms with E-state index in [4.69, 9.17) is 11.6 Å². The summed E-state index contributed by atoms with van der Waals surface area (Å²) in [5.41, 5.74) is 2.01. The molecule has 0 aliphatic heterocycles. The highest BCUT2D eigenvalue weighted by Crippen LogP contribution is 2.04. The molecule has 0 aliphatic rings. The van der Waals surface area contributed by atoms with Crippen LogP contribution in [-0.4, -0.2) is 9.97 Å². The summed E-state index contributed by atoms with van der Waals surface area (Å²) in [5.74, 6) is 0. The number of rotatable bonds is 0. The van der Waals surface area contributed by atoms with E-state index in [1.54, 1.807) is 6.20 Å². The largest absolute Gasteiger partial charge is 0.226 e. The van der Waals surface area contributed by atoms with E-state index in [9.17, 15) is 0 Å². The van der Waals surface area contributed by atoms with Crippen LogP contribution in [0.2, 0.25) is 5.28 Å². The number of nitrogens with zero attached hydrogens (tertiary/aromatic N) is 2. The molecule has 0 atom stereocenters. The van der Waals surface area contributed by atoms with Crippen LogP contribution in [-0.2, 0) is 0 Å². The molecule has 1 rings (SSSR count). The third-order valence-electron chi connectivity index (χ3n) is 1.20. The molecule has 1 heterocycles. The standard InChI is InChI=1S/C6H7ClN2.C2H6/c1-4-3-8-6(7)9-5(4)2;1-2/h3H,1-2H3;1-2H3. The predicted molar refractivity (Wildman–Crippen MR) is 47.9 cm³/mol. The van der Waals surface area contributed by atoms with E-state index in [2.05, 4.69) is 9.97 Å². The van der Waals surface area contributed by atoms with Crippen molar-refractivity contribution in [2.45, 2.75) is 27.7 Å². The molecule has 0 amide bonds. The van der Waals surface area contributed by atoms with Crippen molar-refractivity contribution in [1.29, 1.82) is 0 Å². The van der Waals surface area contributed by atoms with Crippen molar-refractivity contribution in [2.75, 3.05) is 0 Å². The average Bonchev–Trinajstić information content (AvgIpc) is 2.02. The molecule has 3 heteroatoms. The monoisotopic (exact) mass is 172 g/mol. The number of hydrogen-bond donors (Lipinski definition) is 0. The highest BCUT2D eigenvalue weighted by atomic mass is 35.5. The molecule has 1 aromatic rings. The molecular formula is C8H13ClN2. The van der Waals surface area contributed by atoms with Gasteiger partial charge in [0.1, 0.15) is 0 Å². The fourth-order valence-corrected chi connectivity index (χ4v) is 0.675. The quantitative estimate of drug-likeness (QED) is 0.563. The van der Waals surface area contributed by atoms with Gasteiger partial charge in [0.2, 0.25) is 5.28 Å². The van der Waals surface area contributed by atoms with Crippen molar-refractivity contribution in [2.24, 2.45) is 0 Å². The Morgan fingerprint density at radius 2 is 1.82 bits per heavy atom. The first-order valence-corrected chi connectivity index (χ1v) is 4.03. The van der Waals surface area contributed by atoms with E-state index in [0.29, 0.717) is 5.28 Å². The Bertz CT molecular complexity index is 223. The van der Waals surface area contributed by atoms with Crippen LogP contribution in [0, 0.1) is 13.8 Å². The molecule has 62 valence electrons. The SMILES string of the molecule is CC.Cc1cnc(Cl)nc1C. The van der Waals surface area contributed by atoms with E-state index in [1.165, 1.54) is 0 Å². The summed E-state index contributed by atoms with van der Waals surface area (Å²) in [6.45, 7) is 7.86. The second-order valence-corrected chi connectivity index (χ2v) is 2.25. The van der Waals surface area contributed by atoms with Crippen LogP contribution in [0.1, 0.15) is 25.1 Å². The smallest absolute Gasteiger partial charge is 0.222 e. The summed E-state index contributed by atoms with van der Waals surface area (Å²) in [6, 6.07) is 0. The molecule has 0 saturated carbocycles. The lowest BCUT2D eigenvalue weighted by molar-refractivity contribution is 1.06. The van der Waals surface area contributed by atoms with Crippen LogP contribution in [0.3, 0.4) is 0 Å². The summed E-state index contributed by atoms with van der Waals surface area (Å²) in [6.07, 6.45) is 1.71. The first-order valence-electron chi connectivity index (χ1n) is 3.66. The molecule has 0 unspecified atom stereocenters. The van der Waals surface area contributed by atoms with Crippen LogP contribution in [0.15, 0.2) is 6.20 Å². The summed E-state index contributed by atoms with van der Waals surface area (Å²) in [7, 11) is 0. The molecule has 0 bridgehead atoms. The molecule has 0 saturated heterocycles. The minimum absolute atomic E-state index is 0.318. The summed E-state index contributed by atoms with van der Waals surface area (Å²) in [4.78, 5) is 7.72. The Balaban J connectivity index is 0.000000461. The van der Waals surface area contributed by atoms with Gasteiger partial charge in [-0.05, 0) is 31.0 Å². The molecule has 2 nitrogen and oxygen atoms in total. The Kier molecular flexibility index (Phi) is 4.79. The molecule has 0 aliphatic carbocycles. The maximum atomic E-state index is 5.49. The first kappa shape index (κ1) is 10.4. The fraction of sp³-hybridized carbons (Fsp3) is 0.500. The van der Waals surface area contributed by atoms with Crippen LogP contribution in [0.25, 0.3) is 0 Å². The van der Waals surface area contributed by atoms with Gasteiger partial charge in [0.05, 0.1) is 0 Å². The molecule has 11 heavy (non-hydrogen) atoms. The minimum atomic E-state index is 0.318. The lowest BCUT2D eigenvalue weighted by atomic mass is 10.3. The summed E-state index contributed by atoms with van der Waals surface area (Å²) >= 11 is 5.49. The van der Waals surface area contributed by atoms with Gasteiger partial charge in [-0.25, -0.2) is 9.97 Å². The van der Waals surface area contributed by atoms with Gasteiger partial charge in [-0.2, -0.15) is 0 Å². The van der Waals surface area contributed by atoms with Gasteiger partial charge in [0.25, 0.3) is 0 Å². The third-order valence-corrected chi connectivity index (χ3v) is 1.38. The summed E-state index contributed by atoms with van der Waals surface area (Å²) in [5, 5.41) is 0.318. The maximum absolute atomic E-state index is 5.49. The van der Waals surface area contributed by atoms with Crippen molar-refractivity contribution in [3.8, 4) is 0 Å². The zero-order valence-corrected chi connectivity index (χ0v) is 8.11. The molecule has 0 aromatic carbocycles. The lowest BCUT2D eigenvalue weighted by Crippen LogP contribution is -1.88. The number of halogens is 1. The molecule has 1 aromatic heterocycles. The highest BCUT2D eigenvalue weighted by molar-refractivity contribution is 6.28. The normalized spacial score (nSPS) is 8.45. The van der Waals surface area contributed by atoms with Crippen molar-refractivity contribution >= 4 is 11.6 Å². The Morgan fingerprint density at radius 3 is 2.18 bits per heavy atom. The topological polar surface area (TPSA) is 25.8 Å². The minimum Gasteiger partial charge on any atom is -0.226 e. The van der Waals surface area contributed by atoms with E-state index in [0.717, 1.165) is 11.3 Å². The average molecular weight is 173 g/mol. The predicted octanol–water partition coefficient (Wildman–Crippen LogP) is 2.77. The van der Waals surface area contributed by atoms with Crippen LogP contribution in [0.5, 0.6) is 0 Å². The second-order valence-electron chi connectivity index (χ2n) is 1.91. The Hall–Kier alpha value is -0.630. The summed E-state index contributed by atoms with van der Waals surface area (Å²) < 4.78 is 0. The molecular weight excluding hydrogens is 160 g/mol. The van der Waals surface area contributed by atoms with Crippen LogP contribution >= 0.6 is 11.6 Å². The van der Waals surface area contributed by atoms with Gasteiger partial charge < -0.3 is 0 Å². The van der Waals surface area contributed by atoms with Crippen molar-refractivity contribution < 1.29 is 0 Å². The van der Waals surface area contributed by atoms with Crippen molar-refractivity contribution in [3.05, 3.63) is 22.7 Å². The molecule has 0 radical (unpaired) electrons. The van der Waals surface area contributed by atoms with E-state index < -0.39 is 0 Å². The molecule has 0 N–H and O–H groups in total. The first-order chi connectivity index (χ1) is 5.20. The van der Waals surface area contributed by atoms with Crippen LogP contribution < -0.4 is 0 Å². The van der Waals surface area contributed by atoms with Gasteiger partial charge in [0, 0.05) is 11.9 Å². The van der Waals surface area contributed by atoms with Crippen molar-refractivity contribution in [1.82, 2.24) is 9.97 Å². The fourth-order valence-electron chi connectivity index (χ4n) is 0.499. The maximum Gasteiger partial charge on any atom is 0.222 e. The van der Waals surface area contributed by atoms with E-state index in [1.807, 2.05) is 27.7 Å². The van der Waals surface area contributed by atoms with Gasteiger partial charge in [-0.3, -0.25) is 0 Å². The van der Waals surface area contributed by atoms with Crippen molar-refractivity contribution in [3.63, 3.8) is 0 Å². The third kappa shape index (κ3) is 3.33. The van der Waals surface area contributed by atoms with Gasteiger partial charge in [0.15, 0.2) is 0 Å². The zero-order chi connectivity index (χ0) is 8.85. The van der Waals surface area contributed by atoms with E-state index >= 15 is 0 Å². The van der Waals surface area contributed by atoms with Crippen LogP contribution in [0.4, 0.5) is 0 Å². The number of aromatic nitrogens is 2. The molecule has 0 fully saturated rings. The Labute approximate surface area is 72.6 Å². The van der Waals surface area contributed by atoms with Gasteiger partial charge in [-0.15, -0.1) is 0 Å².